The fraction of sp³-hybridized carbons (Fsp3) is 0.333. The minimum atomic E-state index is -0.734. The second kappa shape index (κ2) is 2.58. The second-order valence-electron chi connectivity index (χ2n) is 0.959. The molecule has 0 bridgehead atoms. The zero-order valence-corrected chi connectivity index (χ0v) is 4.44. The van der Waals surface area contributed by atoms with Crippen molar-refractivity contribution in [3.63, 3.8) is 0 Å². The van der Waals surface area contributed by atoms with Crippen LogP contribution in [0.5, 0.6) is 0 Å². The fourth-order valence-corrected chi connectivity index (χ4v) is 0.0771. The van der Waals surface area contributed by atoms with Crippen LogP contribution in [0, 0.1) is 0 Å². The SMILES string of the molecule is CC(=NO)C(=O)Cl. The van der Waals surface area contributed by atoms with E-state index in [9.17, 15) is 4.79 Å². The maximum absolute atomic E-state index is 9.85. The number of hydrogen-bond acceptors (Lipinski definition) is 3. The highest BCUT2D eigenvalue weighted by Gasteiger charge is 1.97. The van der Waals surface area contributed by atoms with E-state index in [2.05, 4.69) is 5.16 Å². The molecule has 1 N–H and O–H groups in total. The molecule has 0 saturated carbocycles. The molecule has 3 nitrogen and oxygen atoms in total. The van der Waals surface area contributed by atoms with Gasteiger partial charge in [0, 0.05) is 0 Å². The lowest BCUT2D eigenvalue weighted by Crippen LogP contribution is -1.99. The lowest BCUT2D eigenvalue weighted by Gasteiger charge is -1.79. The van der Waals surface area contributed by atoms with Crippen LogP contribution in [0.1, 0.15) is 6.92 Å². The van der Waals surface area contributed by atoms with E-state index in [1.54, 1.807) is 0 Å². The van der Waals surface area contributed by atoms with Gasteiger partial charge >= 0.3 is 0 Å². The lowest BCUT2D eigenvalue weighted by atomic mass is 10.5. The summed E-state index contributed by atoms with van der Waals surface area (Å²) < 4.78 is 0. The van der Waals surface area contributed by atoms with Gasteiger partial charge < -0.3 is 5.21 Å². The van der Waals surface area contributed by atoms with Gasteiger partial charge in [0.1, 0.15) is 5.71 Å². The first-order valence-corrected chi connectivity index (χ1v) is 1.94. The Morgan fingerprint density at radius 2 is 2.29 bits per heavy atom. The Hall–Kier alpha value is -0.570. The second-order valence-corrected chi connectivity index (χ2v) is 1.30. The van der Waals surface area contributed by atoms with E-state index in [-0.39, 0.29) is 5.71 Å². The smallest absolute Gasteiger partial charge is 0.269 e. The molecule has 0 heterocycles. The number of oxime groups is 1. The van der Waals surface area contributed by atoms with Crippen molar-refractivity contribution < 1.29 is 10.0 Å². The van der Waals surface area contributed by atoms with Gasteiger partial charge in [-0.25, -0.2) is 0 Å². The average molecular weight is 122 g/mol. The third-order valence-corrected chi connectivity index (χ3v) is 0.708. The lowest BCUT2D eigenvalue weighted by molar-refractivity contribution is -0.106. The molecule has 0 unspecified atom stereocenters. The van der Waals surface area contributed by atoms with E-state index < -0.39 is 5.24 Å². The van der Waals surface area contributed by atoms with Gasteiger partial charge in [0.05, 0.1) is 0 Å². The maximum Gasteiger partial charge on any atom is 0.269 e. The number of halogens is 1. The third-order valence-electron chi connectivity index (χ3n) is 0.434. The summed E-state index contributed by atoms with van der Waals surface area (Å²) in [5.41, 5.74) is -0.0957. The van der Waals surface area contributed by atoms with Crippen molar-refractivity contribution in [2.75, 3.05) is 0 Å². The largest absolute Gasteiger partial charge is 0.411 e. The molecule has 0 spiro atoms. The number of carbonyl (C=O) groups excluding carboxylic acids is 1. The van der Waals surface area contributed by atoms with Crippen LogP contribution in [0.2, 0.25) is 0 Å². The van der Waals surface area contributed by atoms with Crippen molar-refractivity contribution in [3.05, 3.63) is 0 Å². The van der Waals surface area contributed by atoms with Gasteiger partial charge in [-0.2, -0.15) is 0 Å². The zero-order valence-electron chi connectivity index (χ0n) is 3.68. The van der Waals surface area contributed by atoms with Crippen molar-refractivity contribution in [2.24, 2.45) is 5.16 Å². The molecular weight excluding hydrogens is 117 g/mol. The molecule has 7 heavy (non-hydrogen) atoms. The van der Waals surface area contributed by atoms with Crippen LogP contribution in [0.4, 0.5) is 0 Å². The summed E-state index contributed by atoms with van der Waals surface area (Å²) in [5, 5.41) is 9.58. The van der Waals surface area contributed by atoms with E-state index in [0.717, 1.165) is 0 Å². The summed E-state index contributed by atoms with van der Waals surface area (Å²) in [7, 11) is 0. The molecule has 0 amide bonds. The van der Waals surface area contributed by atoms with Crippen molar-refractivity contribution in [1.82, 2.24) is 0 Å². The van der Waals surface area contributed by atoms with Gasteiger partial charge in [-0.1, -0.05) is 5.16 Å². The van der Waals surface area contributed by atoms with Crippen LogP contribution in [0.25, 0.3) is 0 Å². The summed E-state index contributed by atoms with van der Waals surface area (Å²) in [5.74, 6) is 0. The van der Waals surface area contributed by atoms with Crippen LogP contribution < -0.4 is 0 Å². The molecule has 0 atom stereocenters. The molecule has 0 aliphatic rings. The third kappa shape index (κ3) is 2.17. The molecule has 0 saturated heterocycles. The standard InChI is InChI=1S/C3H4ClNO2/c1-2(5-7)3(4)6/h7H,1H3. The quantitative estimate of drug-likeness (QED) is 0.239. The summed E-state index contributed by atoms with van der Waals surface area (Å²) >= 11 is 4.80. The monoisotopic (exact) mass is 121 g/mol. The van der Waals surface area contributed by atoms with Crippen LogP contribution in [0.3, 0.4) is 0 Å². The molecule has 0 aliphatic heterocycles. The van der Waals surface area contributed by atoms with Crippen LogP contribution in [-0.2, 0) is 4.79 Å². The molecule has 0 aromatic heterocycles. The zero-order chi connectivity index (χ0) is 5.86. The Bertz CT molecular complexity index is 110. The Morgan fingerprint density at radius 1 is 1.86 bits per heavy atom. The molecule has 0 radical (unpaired) electrons. The van der Waals surface area contributed by atoms with Gasteiger partial charge in [0.15, 0.2) is 0 Å². The van der Waals surface area contributed by atoms with E-state index in [4.69, 9.17) is 16.8 Å². The highest BCUT2D eigenvalue weighted by molar-refractivity contribution is 6.81. The summed E-state index contributed by atoms with van der Waals surface area (Å²) in [6.45, 7) is 1.31. The van der Waals surface area contributed by atoms with Crippen molar-refractivity contribution in [3.8, 4) is 0 Å². The molecule has 0 aromatic carbocycles. The Kier molecular flexibility index (Phi) is 2.37. The Balaban J connectivity index is 3.82. The minimum absolute atomic E-state index is 0.0957. The van der Waals surface area contributed by atoms with Crippen LogP contribution in [-0.4, -0.2) is 16.2 Å². The number of hydrogen-bond donors (Lipinski definition) is 1. The molecule has 40 valence electrons. The van der Waals surface area contributed by atoms with Crippen molar-refractivity contribution in [2.45, 2.75) is 6.92 Å². The van der Waals surface area contributed by atoms with Gasteiger partial charge in [-0.3, -0.25) is 4.79 Å². The minimum Gasteiger partial charge on any atom is -0.411 e. The van der Waals surface area contributed by atoms with E-state index in [1.807, 2.05) is 0 Å². The van der Waals surface area contributed by atoms with Crippen molar-refractivity contribution in [1.29, 1.82) is 0 Å². The number of carbonyl (C=O) groups is 1. The molecule has 0 aromatic rings. The normalized spacial score (nSPS) is 11.4. The summed E-state index contributed by atoms with van der Waals surface area (Å²) in [4.78, 5) is 9.85. The maximum atomic E-state index is 9.85. The number of rotatable bonds is 1. The molecule has 0 fully saturated rings. The predicted molar refractivity (Wildman–Crippen MR) is 25.8 cm³/mol. The van der Waals surface area contributed by atoms with E-state index in [0.29, 0.717) is 0 Å². The molecule has 4 heteroatoms. The van der Waals surface area contributed by atoms with E-state index in [1.165, 1.54) is 6.92 Å². The first-order valence-electron chi connectivity index (χ1n) is 1.57. The first kappa shape index (κ1) is 6.43. The molecular formula is C3H4ClNO2. The van der Waals surface area contributed by atoms with Crippen LogP contribution >= 0.6 is 11.6 Å². The van der Waals surface area contributed by atoms with Crippen LogP contribution in [0.15, 0.2) is 5.16 Å². The van der Waals surface area contributed by atoms with Gasteiger partial charge in [-0.15, -0.1) is 0 Å². The Labute approximate surface area is 45.6 Å². The summed E-state index contributed by atoms with van der Waals surface area (Å²) in [6.07, 6.45) is 0. The number of nitrogens with zero attached hydrogens (tertiary/aromatic N) is 1. The highest BCUT2D eigenvalue weighted by Crippen LogP contribution is 1.82. The van der Waals surface area contributed by atoms with Gasteiger partial charge in [0.25, 0.3) is 5.24 Å². The Morgan fingerprint density at radius 3 is 2.29 bits per heavy atom. The van der Waals surface area contributed by atoms with Gasteiger partial charge in [0.2, 0.25) is 0 Å². The van der Waals surface area contributed by atoms with Gasteiger partial charge in [-0.05, 0) is 18.5 Å². The van der Waals surface area contributed by atoms with Crippen molar-refractivity contribution >= 4 is 22.6 Å². The first-order chi connectivity index (χ1) is 3.18. The highest BCUT2D eigenvalue weighted by atomic mass is 35.5. The fourth-order valence-electron chi connectivity index (χ4n) is 0.0393. The molecule has 0 aliphatic carbocycles. The topological polar surface area (TPSA) is 49.7 Å². The van der Waals surface area contributed by atoms with E-state index >= 15 is 0 Å². The molecule has 0 rings (SSSR count). The summed E-state index contributed by atoms with van der Waals surface area (Å²) in [6, 6.07) is 0. The average Bonchev–Trinajstić information content (AvgIpc) is 1.65. The predicted octanol–water partition coefficient (Wildman–Crippen LogP) is 0.602.